The van der Waals surface area contributed by atoms with Crippen LogP contribution in [0.2, 0.25) is 0 Å². The van der Waals surface area contributed by atoms with Gasteiger partial charge in [-0.25, -0.2) is 0 Å². The molecule has 0 unspecified atom stereocenters. The number of nitrogens with zero attached hydrogens (tertiary/aromatic N) is 1. The van der Waals surface area contributed by atoms with E-state index in [-0.39, 0.29) is 5.91 Å². The molecular weight excluding hydrogens is 372 g/mol. The molecule has 4 heteroatoms. The van der Waals surface area contributed by atoms with Crippen LogP contribution in [0.3, 0.4) is 0 Å². The van der Waals surface area contributed by atoms with E-state index in [1.807, 2.05) is 66.7 Å². The summed E-state index contributed by atoms with van der Waals surface area (Å²) in [5.74, 6) is 1.32. The first-order chi connectivity index (χ1) is 14.7. The number of para-hydroxylation sites is 2. The van der Waals surface area contributed by atoms with Crippen molar-refractivity contribution in [3.05, 3.63) is 90.0 Å². The molecule has 0 aromatic heterocycles. The van der Waals surface area contributed by atoms with Gasteiger partial charge in [0.25, 0.3) is 5.91 Å². The molecule has 1 amide bonds. The van der Waals surface area contributed by atoms with E-state index in [1.54, 1.807) is 6.07 Å². The second-order valence-electron chi connectivity index (χ2n) is 7.94. The minimum absolute atomic E-state index is 0.127. The van der Waals surface area contributed by atoms with Gasteiger partial charge in [0.15, 0.2) is 0 Å². The molecule has 0 saturated carbocycles. The van der Waals surface area contributed by atoms with E-state index in [0.29, 0.717) is 17.9 Å². The highest BCUT2D eigenvalue weighted by atomic mass is 16.5. The summed E-state index contributed by atoms with van der Waals surface area (Å²) in [4.78, 5) is 15.3. The molecule has 0 aliphatic carbocycles. The Kier molecular flexibility index (Phi) is 6.33. The lowest BCUT2D eigenvalue weighted by Crippen LogP contribution is -2.33. The van der Waals surface area contributed by atoms with Gasteiger partial charge in [-0.3, -0.25) is 4.79 Å². The van der Waals surface area contributed by atoms with Crippen molar-refractivity contribution in [2.75, 3.05) is 23.3 Å². The lowest BCUT2D eigenvalue weighted by atomic mass is 9.98. The fraction of sp³-hybridized carbons (Fsp3) is 0.269. The van der Waals surface area contributed by atoms with Crippen LogP contribution >= 0.6 is 0 Å². The average Bonchev–Trinajstić information content (AvgIpc) is 2.80. The Hall–Kier alpha value is -3.27. The van der Waals surface area contributed by atoms with Crippen molar-refractivity contribution in [2.24, 2.45) is 5.92 Å². The maximum Gasteiger partial charge on any atom is 0.255 e. The number of hydrogen-bond acceptors (Lipinski definition) is 3. The fourth-order valence-electron chi connectivity index (χ4n) is 3.77. The summed E-state index contributed by atoms with van der Waals surface area (Å²) in [6.45, 7) is 4.83. The monoisotopic (exact) mass is 400 g/mol. The van der Waals surface area contributed by atoms with Gasteiger partial charge in [-0.05, 0) is 54.7 Å². The summed E-state index contributed by atoms with van der Waals surface area (Å²) in [6, 6.07) is 25.4. The molecule has 1 aliphatic heterocycles. The summed E-state index contributed by atoms with van der Waals surface area (Å²) in [7, 11) is 0. The van der Waals surface area contributed by atoms with E-state index < -0.39 is 0 Å². The molecule has 1 aliphatic rings. The number of amides is 1. The van der Waals surface area contributed by atoms with Crippen LogP contribution in [0, 0.1) is 5.92 Å². The number of hydrogen-bond donors (Lipinski definition) is 1. The number of carbonyl (C=O) groups is 1. The average molecular weight is 401 g/mol. The zero-order valence-corrected chi connectivity index (χ0v) is 17.4. The van der Waals surface area contributed by atoms with E-state index in [9.17, 15) is 4.79 Å². The van der Waals surface area contributed by atoms with Crippen molar-refractivity contribution >= 4 is 17.3 Å². The van der Waals surface area contributed by atoms with Crippen LogP contribution in [-0.4, -0.2) is 19.0 Å². The number of carbonyl (C=O) groups excluding carboxylic acids is 1. The van der Waals surface area contributed by atoms with E-state index in [0.717, 1.165) is 35.9 Å². The molecular formula is C26H28N2O2. The van der Waals surface area contributed by atoms with Crippen LogP contribution < -0.4 is 15.0 Å². The SMILES string of the molecule is CC1CCN(c2ccccc2NC(=O)c2cccc(OCc3ccccc3)c2)CC1. The molecule has 0 spiro atoms. The summed E-state index contributed by atoms with van der Waals surface area (Å²) >= 11 is 0. The summed E-state index contributed by atoms with van der Waals surface area (Å²) in [5, 5.41) is 3.10. The zero-order chi connectivity index (χ0) is 20.8. The summed E-state index contributed by atoms with van der Waals surface area (Å²) in [5.41, 5.74) is 3.63. The van der Waals surface area contributed by atoms with Gasteiger partial charge in [-0.1, -0.05) is 55.5 Å². The predicted molar refractivity (Wildman–Crippen MR) is 122 cm³/mol. The van der Waals surface area contributed by atoms with Crippen molar-refractivity contribution < 1.29 is 9.53 Å². The number of piperidine rings is 1. The molecule has 3 aromatic carbocycles. The van der Waals surface area contributed by atoms with Crippen LogP contribution in [0.1, 0.15) is 35.7 Å². The Morgan fingerprint density at radius 1 is 0.967 bits per heavy atom. The smallest absolute Gasteiger partial charge is 0.255 e. The molecule has 4 nitrogen and oxygen atoms in total. The third-order valence-electron chi connectivity index (χ3n) is 5.62. The van der Waals surface area contributed by atoms with Crippen molar-refractivity contribution in [2.45, 2.75) is 26.4 Å². The summed E-state index contributed by atoms with van der Waals surface area (Å²) < 4.78 is 5.87. The van der Waals surface area contributed by atoms with Crippen LogP contribution in [0.15, 0.2) is 78.9 Å². The molecule has 0 radical (unpaired) electrons. The number of ether oxygens (including phenoxy) is 1. The molecule has 1 heterocycles. The maximum atomic E-state index is 12.9. The quantitative estimate of drug-likeness (QED) is 0.572. The minimum Gasteiger partial charge on any atom is -0.489 e. The number of anilines is 2. The van der Waals surface area contributed by atoms with Gasteiger partial charge in [-0.15, -0.1) is 0 Å². The lowest BCUT2D eigenvalue weighted by molar-refractivity contribution is 0.102. The second kappa shape index (κ2) is 9.49. The molecule has 30 heavy (non-hydrogen) atoms. The van der Waals surface area contributed by atoms with Crippen molar-refractivity contribution in [1.82, 2.24) is 0 Å². The first-order valence-corrected chi connectivity index (χ1v) is 10.6. The highest BCUT2D eigenvalue weighted by Crippen LogP contribution is 2.30. The highest BCUT2D eigenvalue weighted by molar-refractivity contribution is 6.06. The maximum absolute atomic E-state index is 12.9. The van der Waals surface area contributed by atoms with Gasteiger partial charge >= 0.3 is 0 Å². The fourth-order valence-corrected chi connectivity index (χ4v) is 3.77. The number of rotatable bonds is 6. The third-order valence-corrected chi connectivity index (χ3v) is 5.62. The highest BCUT2D eigenvalue weighted by Gasteiger charge is 2.19. The topological polar surface area (TPSA) is 41.6 Å². The first kappa shape index (κ1) is 20.0. The Balaban J connectivity index is 1.44. The number of benzene rings is 3. The Bertz CT molecular complexity index is 979. The molecule has 4 rings (SSSR count). The van der Waals surface area contributed by atoms with E-state index in [4.69, 9.17) is 4.74 Å². The van der Waals surface area contributed by atoms with Crippen LogP contribution in [-0.2, 0) is 6.61 Å². The minimum atomic E-state index is -0.127. The molecule has 0 bridgehead atoms. The lowest BCUT2D eigenvalue weighted by Gasteiger charge is -2.33. The molecule has 1 N–H and O–H groups in total. The van der Waals surface area contributed by atoms with Gasteiger partial charge in [-0.2, -0.15) is 0 Å². The largest absolute Gasteiger partial charge is 0.489 e. The van der Waals surface area contributed by atoms with Crippen LogP contribution in [0.25, 0.3) is 0 Å². The van der Waals surface area contributed by atoms with Gasteiger partial charge in [0.1, 0.15) is 12.4 Å². The Morgan fingerprint density at radius 3 is 2.50 bits per heavy atom. The molecule has 1 saturated heterocycles. The standard InChI is InChI=1S/C26H28N2O2/c1-20-14-16-28(17-15-20)25-13-6-5-12-24(25)27-26(29)22-10-7-11-23(18-22)30-19-21-8-3-2-4-9-21/h2-13,18,20H,14-17,19H2,1H3,(H,27,29). The van der Waals surface area contributed by atoms with Crippen molar-refractivity contribution in [3.63, 3.8) is 0 Å². The van der Waals surface area contributed by atoms with E-state index in [2.05, 4.69) is 23.2 Å². The molecule has 154 valence electrons. The van der Waals surface area contributed by atoms with E-state index >= 15 is 0 Å². The zero-order valence-electron chi connectivity index (χ0n) is 17.4. The predicted octanol–water partition coefficient (Wildman–Crippen LogP) is 5.75. The molecule has 0 atom stereocenters. The summed E-state index contributed by atoms with van der Waals surface area (Å²) in [6.07, 6.45) is 2.37. The van der Waals surface area contributed by atoms with Gasteiger partial charge in [0.05, 0.1) is 11.4 Å². The van der Waals surface area contributed by atoms with Crippen molar-refractivity contribution in [1.29, 1.82) is 0 Å². The third kappa shape index (κ3) is 5.01. The van der Waals surface area contributed by atoms with Crippen molar-refractivity contribution in [3.8, 4) is 5.75 Å². The first-order valence-electron chi connectivity index (χ1n) is 10.6. The second-order valence-corrected chi connectivity index (χ2v) is 7.94. The van der Waals surface area contributed by atoms with Crippen LogP contribution in [0.5, 0.6) is 5.75 Å². The van der Waals surface area contributed by atoms with Gasteiger partial charge in [0.2, 0.25) is 0 Å². The van der Waals surface area contributed by atoms with Crippen LogP contribution in [0.4, 0.5) is 11.4 Å². The number of nitrogens with one attached hydrogen (secondary N) is 1. The van der Waals surface area contributed by atoms with Gasteiger partial charge in [0, 0.05) is 18.7 Å². The molecule has 1 fully saturated rings. The van der Waals surface area contributed by atoms with E-state index in [1.165, 1.54) is 12.8 Å². The molecule has 3 aromatic rings. The Labute approximate surface area is 178 Å². The normalized spacial score (nSPS) is 14.4. The van der Waals surface area contributed by atoms with Gasteiger partial charge < -0.3 is 15.0 Å². The Morgan fingerprint density at radius 2 is 1.70 bits per heavy atom.